The number of amides is 4. The molecule has 3 N–H and O–H groups in total. The van der Waals surface area contributed by atoms with Gasteiger partial charge in [0.05, 0.1) is 31.1 Å². The summed E-state index contributed by atoms with van der Waals surface area (Å²) in [6.07, 6.45) is 1.54. The molecule has 4 aromatic rings. The molecule has 1 aliphatic rings. The summed E-state index contributed by atoms with van der Waals surface area (Å²) in [6, 6.07) is 22.7. The molecule has 1 aliphatic heterocycles. The summed E-state index contributed by atoms with van der Waals surface area (Å²) in [6.45, 7) is 10.1. The summed E-state index contributed by atoms with van der Waals surface area (Å²) >= 11 is 2.49. The second-order valence-electron chi connectivity index (χ2n) is 13.5. The predicted molar refractivity (Wildman–Crippen MR) is 215 cm³/mol. The van der Waals surface area contributed by atoms with Gasteiger partial charge >= 0.3 is 12.1 Å². The third-order valence-corrected chi connectivity index (χ3v) is 10.4. The summed E-state index contributed by atoms with van der Waals surface area (Å²) in [4.78, 5) is 69.0. The number of rotatable bonds is 12. The number of esters is 1. The molecule has 1 aromatic heterocycles. The van der Waals surface area contributed by atoms with E-state index in [0.717, 1.165) is 10.4 Å². The zero-order valence-corrected chi connectivity index (χ0v) is 33.2. The Balaban J connectivity index is 1.29. The highest BCUT2D eigenvalue weighted by Crippen LogP contribution is 2.39. The monoisotopic (exact) mass is 784 g/mol. The van der Waals surface area contributed by atoms with Crippen molar-refractivity contribution >= 4 is 69.6 Å². The van der Waals surface area contributed by atoms with E-state index in [1.54, 1.807) is 111 Å². The largest absolute Gasteiger partial charge is 0.494 e. The maximum atomic E-state index is 13.7. The van der Waals surface area contributed by atoms with Crippen molar-refractivity contribution < 1.29 is 38.2 Å². The Morgan fingerprint density at radius 1 is 0.964 bits per heavy atom. The van der Waals surface area contributed by atoms with E-state index in [1.165, 1.54) is 30.2 Å². The molecule has 14 heteroatoms. The highest BCUT2D eigenvalue weighted by molar-refractivity contribution is 8.00. The van der Waals surface area contributed by atoms with Gasteiger partial charge in [-0.3, -0.25) is 14.4 Å². The molecule has 4 amide bonds. The minimum Gasteiger partial charge on any atom is -0.494 e. The molecule has 0 spiro atoms. The zero-order valence-electron chi connectivity index (χ0n) is 31.5. The molecule has 0 radical (unpaired) electrons. The second kappa shape index (κ2) is 18.2. The molecule has 55 heavy (non-hydrogen) atoms. The Bertz CT molecular complexity index is 2070. The molecule has 12 nitrogen and oxygen atoms in total. The number of methoxy groups -OCH3 is 1. The van der Waals surface area contributed by atoms with E-state index < -0.39 is 34.7 Å². The molecular weight excluding hydrogens is 741 g/mol. The van der Waals surface area contributed by atoms with Crippen molar-refractivity contribution in [1.82, 2.24) is 10.2 Å². The average molecular weight is 785 g/mol. The smallest absolute Gasteiger partial charge is 0.410 e. The van der Waals surface area contributed by atoms with E-state index in [9.17, 15) is 24.0 Å². The first-order chi connectivity index (χ1) is 26.2. The van der Waals surface area contributed by atoms with Gasteiger partial charge in [-0.15, -0.1) is 23.1 Å². The molecule has 0 saturated carbocycles. The molecule has 1 unspecified atom stereocenters. The van der Waals surface area contributed by atoms with Gasteiger partial charge in [0, 0.05) is 27.6 Å². The summed E-state index contributed by atoms with van der Waals surface area (Å²) in [5.74, 6) is -1.23. The Morgan fingerprint density at radius 3 is 2.36 bits per heavy atom. The van der Waals surface area contributed by atoms with Crippen LogP contribution in [0.4, 0.5) is 15.5 Å². The molecule has 0 bridgehead atoms. The molecule has 3 aromatic carbocycles. The average Bonchev–Trinajstić information content (AvgIpc) is 3.51. The highest BCUT2D eigenvalue weighted by Gasteiger charge is 2.33. The summed E-state index contributed by atoms with van der Waals surface area (Å²) < 4.78 is 16.1. The van der Waals surface area contributed by atoms with Crippen LogP contribution in [-0.2, 0) is 32.0 Å². The number of nitrogens with zero attached hydrogens (tertiary/aromatic N) is 1. The van der Waals surface area contributed by atoms with Crippen LogP contribution in [-0.4, -0.2) is 65.8 Å². The van der Waals surface area contributed by atoms with Crippen LogP contribution >= 0.6 is 23.1 Å². The van der Waals surface area contributed by atoms with Crippen molar-refractivity contribution in [3.63, 3.8) is 0 Å². The first-order valence-corrected chi connectivity index (χ1v) is 19.3. The van der Waals surface area contributed by atoms with Crippen LogP contribution in [0.3, 0.4) is 0 Å². The van der Waals surface area contributed by atoms with Crippen LogP contribution in [0.1, 0.15) is 71.3 Å². The normalized spacial score (nSPS) is 13.2. The first kappa shape index (κ1) is 40.6. The molecule has 288 valence electrons. The fourth-order valence-corrected chi connectivity index (χ4v) is 7.73. The number of carbonyl (C=O) groups excluding carboxylic acids is 5. The topological polar surface area (TPSA) is 152 Å². The minimum atomic E-state index is -0.653. The van der Waals surface area contributed by atoms with Gasteiger partial charge in [-0.1, -0.05) is 36.4 Å². The summed E-state index contributed by atoms with van der Waals surface area (Å²) in [5, 5.41) is 8.25. The minimum absolute atomic E-state index is 0.0260. The number of ether oxygens (including phenoxy) is 3. The van der Waals surface area contributed by atoms with E-state index in [2.05, 4.69) is 16.0 Å². The first-order valence-electron chi connectivity index (χ1n) is 17.6. The van der Waals surface area contributed by atoms with Gasteiger partial charge in [0.25, 0.3) is 11.8 Å². The lowest BCUT2D eigenvalue weighted by atomic mass is 10.0. The number of thioether (sulfide) groups is 1. The fraction of sp³-hybridized carbons (Fsp3) is 0.293. The molecule has 0 fully saturated rings. The third kappa shape index (κ3) is 11.0. The standard InChI is InChI=1S/C41H44N4O8S2/c1-7-52-29-18-16-26(17-19-29)22-32(43-36(47)27-12-9-8-10-13-27)37(48)42-28-14-11-15-30(23-28)54-25(2)35(46)44-38-34(39(49)51-6)31-20-21-45(24-33(31)55-38)40(50)53-41(3,4)5/h8-19,22-23,25H,7,20-21,24H2,1-6H3,(H,42,48)(H,43,47)(H,44,46)/b32-22+. The SMILES string of the molecule is CCOc1ccc(/C=C(/NC(=O)c2ccccc2)C(=O)Nc2cccc(SC(C)C(=O)Nc3sc4c(c3C(=O)OC)CCN(C(=O)OC(C)(C)C)C4)c2)cc1. The highest BCUT2D eigenvalue weighted by atomic mass is 32.2. The Kier molecular flexibility index (Phi) is 13.4. The van der Waals surface area contributed by atoms with Crippen molar-refractivity contribution in [2.75, 3.05) is 30.9 Å². The number of hydrogen-bond donors (Lipinski definition) is 3. The molecule has 2 heterocycles. The van der Waals surface area contributed by atoms with Gasteiger partial charge in [-0.2, -0.15) is 0 Å². The lowest BCUT2D eigenvalue weighted by Crippen LogP contribution is -2.39. The van der Waals surface area contributed by atoms with Crippen LogP contribution in [0.5, 0.6) is 5.75 Å². The van der Waals surface area contributed by atoms with Gasteiger partial charge in [0.2, 0.25) is 5.91 Å². The van der Waals surface area contributed by atoms with E-state index in [-0.39, 0.29) is 23.7 Å². The van der Waals surface area contributed by atoms with Crippen LogP contribution in [0.25, 0.3) is 6.08 Å². The quantitative estimate of drug-likeness (QED) is 0.0744. The molecule has 0 aliphatic carbocycles. The van der Waals surface area contributed by atoms with Crippen molar-refractivity contribution in [3.05, 3.63) is 112 Å². The van der Waals surface area contributed by atoms with E-state index in [0.29, 0.717) is 52.0 Å². The Morgan fingerprint density at radius 2 is 1.69 bits per heavy atom. The molecule has 5 rings (SSSR count). The van der Waals surface area contributed by atoms with Gasteiger partial charge in [-0.25, -0.2) is 9.59 Å². The Labute approximate surface area is 328 Å². The second-order valence-corrected chi connectivity index (χ2v) is 16.0. The van der Waals surface area contributed by atoms with Gasteiger partial charge in [0.1, 0.15) is 22.0 Å². The third-order valence-electron chi connectivity index (χ3n) is 8.14. The molecule has 0 saturated heterocycles. The molecule has 1 atom stereocenters. The molecular formula is C41H44N4O8S2. The van der Waals surface area contributed by atoms with Gasteiger partial charge in [0.15, 0.2) is 0 Å². The van der Waals surface area contributed by atoms with Crippen LogP contribution in [0.2, 0.25) is 0 Å². The predicted octanol–water partition coefficient (Wildman–Crippen LogP) is 7.76. The van der Waals surface area contributed by atoms with Crippen molar-refractivity contribution in [2.24, 2.45) is 0 Å². The summed E-state index contributed by atoms with van der Waals surface area (Å²) in [5.41, 5.74) is 1.92. The summed E-state index contributed by atoms with van der Waals surface area (Å²) in [7, 11) is 1.29. The number of anilines is 2. The lowest BCUT2D eigenvalue weighted by molar-refractivity contribution is -0.115. The number of benzene rings is 3. The van der Waals surface area contributed by atoms with Crippen LogP contribution < -0.4 is 20.7 Å². The fourth-order valence-electron chi connectivity index (χ4n) is 5.54. The van der Waals surface area contributed by atoms with Crippen LogP contribution in [0.15, 0.2) is 89.5 Å². The van der Waals surface area contributed by atoms with Crippen molar-refractivity contribution in [2.45, 2.75) is 63.3 Å². The van der Waals surface area contributed by atoms with Gasteiger partial charge < -0.3 is 35.1 Å². The van der Waals surface area contributed by atoms with E-state index in [4.69, 9.17) is 14.2 Å². The van der Waals surface area contributed by atoms with Crippen molar-refractivity contribution in [3.8, 4) is 5.75 Å². The number of hydrogen-bond acceptors (Lipinski definition) is 10. The van der Waals surface area contributed by atoms with Gasteiger partial charge in [-0.05, 0) is 101 Å². The number of carbonyl (C=O) groups is 5. The Hall–Kier alpha value is -5.60. The maximum absolute atomic E-state index is 13.7. The lowest BCUT2D eigenvalue weighted by Gasteiger charge is -2.30. The van der Waals surface area contributed by atoms with E-state index in [1.807, 2.05) is 13.0 Å². The maximum Gasteiger partial charge on any atom is 0.410 e. The van der Waals surface area contributed by atoms with E-state index >= 15 is 0 Å². The van der Waals surface area contributed by atoms with Crippen molar-refractivity contribution in [1.29, 1.82) is 0 Å². The number of nitrogens with one attached hydrogen (secondary N) is 3. The van der Waals surface area contributed by atoms with Crippen LogP contribution in [0, 0.1) is 0 Å². The number of fused-ring (bicyclic) bond motifs is 1. The zero-order chi connectivity index (χ0) is 39.7. The number of thiophene rings is 1.